The van der Waals surface area contributed by atoms with E-state index >= 15 is 0 Å². The molecule has 108 valence electrons. The highest BCUT2D eigenvalue weighted by molar-refractivity contribution is 6.35. The van der Waals surface area contributed by atoms with Crippen LogP contribution >= 0.6 is 11.6 Å². The summed E-state index contributed by atoms with van der Waals surface area (Å²) in [5.74, 6) is -0.645. The van der Waals surface area contributed by atoms with Gasteiger partial charge in [-0.25, -0.2) is 4.39 Å². The number of anilines is 1. The van der Waals surface area contributed by atoms with Crippen molar-refractivity contribution in [2.75, 3.05) is 18.0 Å². The molecule has 0 unspecified atom stereocenters. The molecule has 0 saturated carbocycles. The van der Waals surface area contributed by atoms with Crippen LogP contribution < -0.4 is 4.90 Å². The molecule has 1 aliphatic heterocycles. The van der Waals surface area contributed by atoms with Gasteiger partial charge >= 0.3 is 0 Å². The zero-order valence-corrected chi connectivity index (χ0v) is 12.2. The molecule has 1 aliphatic rings. The van der Waals surface area contributed by atoms with E-state index in [0.29, 0.717) is 16.3 Å². The normalized spacial score (nSPS) is 14.5. The second-order valence-electron chi connectivity index (χ2n) is 5.17. The Morgan fingerprint density at radius 1 is 1.10 bits per heavy atom. The molecule has 1 saturated heterocycles. The van der Waals surface area contributed by atoms with Gasteiger partial charge in [-0.15, -0.1) is 0 Å². The predicted octanol–water partition coefficient (Wildman–Crippen LogP) is 4.31. The Morgan fingerprint density at radius 3 is 2.43 bits per heavy atom. The van der Waals surface area contributed by atoms with Crippen LogP contribution in [0.25, 0.3) is 0 Å². The van der Waals surface area contributed by atoms with Gasteiger partial charge < -0.3 is 4.90 Å². The molecular formula is C17H15ClFNO. The third-order valence-corrected chi connectivity index (χ3v) is 4.08. The van der Waals surface area contributed by atoms with Gasteiger partial charge in [0.25, 0.3) is 0 Å². The Hall–Kier alpha value is -1.87. The van der Waals surface area contributed by atoms with Crippen LogP contribution in [0.2, 0.25) is 5.02 Å². The molecule has 0 spiro atoms. The Morgan fingerprint density at radius 2 is 1.76 bits per heavy atom. The number of carbonyl (C=O) groups is 1. The SMILES string of the molecule is O=C(c1ccccc1)c1cc(F)c(N2CCCC2)cc1Cl. The first-order chi connectivity index (χ1) is 10.2. The summed E-state index contributed by atoms with van der Waals surface area (Å²) in [5.41, 5.74) is 1.21. The summed E-state index contributed by atoms with van der Waals surface area (Å²) in [6.45, 7) is 1.67. The fourth-order valence-electron chi connectivity index (χ4n) is 2.66. The minimum Gasteiger partial charge on any atom is -0.369 e. The van der Waals surface area contributed by atoms with Crippen molar-refractivity contribution >= 4 is 23.1 Å². The van der Waals surface area contributed by atoms with Gasteiger partial charge in [-0.1, -0.05) is 41.9 Å². The molecule has 0 aliphatic carbocycles. The van der Waals surface area contributed by atoms with Crippen LogP contribution in [0.4, 0.5) is 10.1 Å². The third kappa shape index (κ3) is 2.79. The van der Waals surface area contributed by atoms with Crippen LogP contribution in [-0.4, -0.2) is 18.9 Å². The van der Waals surface area contributed by atoms with Gasteiger partial charge in [0.15, 0.2) is 5.78 Å². The second-order valence-corrected chi connectivity index (χ2v) is 5.58. The number of hydrogen-bond acceptors (Lipinski definition) is 2. The molecule has 1 fully saturated rings. The molecule has 0 atom stereocenters. The standard InChI is InChI=1S/C17H15ClFNO/c18-14-11-16(20-8-4-5-9-20)15(19)10-13(14)17(21)12-6-2-1-3-7-12/h1-3,6-7,10-11H,4-5,8-9H2. The summed E-state index contributed by atoms with van der Waals surface area (Å²) in [5, 5.41) is 0.298. The lowest BCUT2D eigenvalue weighted by Crippen LogP contribution is -2.19. The van der Waals surface area contributed by atoms with Crippen LogP contribution in [0.15, 0.2) is 42.5 Å². The lowest BCUT2D eigenvalue weighted by molar-refractivity contribution is 0.103. The number of nitrogens with zero attached hydrogens (tertiary/aromatic N) is 1. The van der Waals surface area contributed by atoms with Gasteiger partial charge in [0, 0.05) is 24.2 Å². The summed E-state index contributed by atoms with van der Waals surface area (Å²) in [7, 11) is 0. The number of hydrogen-bond donors (Lipinski definition) is 0. The van der Waals surface area contributed by atoms with Crippen molar-refractivity contribution in [1.82, 2.24) is 0 Å². The van der Waals surface area contributed by atoms with Gasteiger partial charge in [0.05, 0.1) is 10.7 Å². The maximum absolute atomic E-state index is 14.3. The summed E-state index contributed by atoms with van der Waals surface area (Å²) in [4.78, 5) is 14.4. The summed E-state index contributed by atoms with van der Waals surface area (Å²) >= 11 is 6.21. The van der Waals surface area contributed by atoms with Crippen molar-refractivity contribution in [3.05, 3.63) is 64.4 Å². The molecule has 1 heterocycles. The molecule has 4 heteroatoms. The summed E-state index contributed by atoms with van der Waals surface area (Å²) < 4.78 is 14.3. The van der Waals surface area contributed by atoms with E-state index in [1.54, 1.807) is 30.3 Å². The molecule has 0 amide bonds. The fourth-order valence-corrected chi connectivity index (χ4v) is 2.90. The highest BCUT2D eigenvalue weighted by Gasteiger charge is 2.21. The minimum absolute atomic E-state index is 0.211. The zero-order chi connectivity index (χ0) is 14.8. The van der Waals surface area contributed by atoms with Crippen molar-refractivity contribution in [2.24, 2.45) is 0 Å². The van der Waals surface area contributed by atoms with E-state index < -0.39 is 0 Å². The monoisotopic (exact) mass is 303 g/mol. The van der Waals surface area contributed by atoms with Gasteiger partial charge in [-0.2, -0.15) is 0 Å². The highest BCUT2D eigenvalue weighted by Crippen LogP contribution is 2.30. The summed E-state index contributed by atoms with van der Waals surface area (Å²) in [6, 6.07) is 11.6. The topological polar surface area (TPSA) is 20.3 Å². The molecule has 0 bridgehead atoms. The molecular weight excluding hydrogens is 289 g/mol. The number of benzene rings is 2. The molecule has 2 nitrogen and oxygen atoms in total. The first-order valence-electron chi connectivity index (χ1n) is 7.00. The number of rotatable bonds is 3. The van der Waals surface area contributed by atoms with E-state index in [4.69, 9.17) is 11.6 Å². The first-order valence-corrected chi connectivity index (χ1v) is 7.38. The number of carbonyl (C=O) groups excluding carboxylic acids is 1. The average Bonchev–Trinajstić information content (AvgIpc) is 3.03. The molecule has 0 aromatic heterocycles. The molecule has 3 rings (SSSR count). The van der Waals surface area contributed by atoms with Gasteiger partial charge in [-0.3, -0.25) is 4.79 Å². The predicted molar refractivity (Wildman–Crippen MR) is 82.7 cm³/mol. The van der Waals surface area contributed by atoms with Gasteiger partial charge in [0.1, 0.15) is 5.82 Å². The Kier molecular flexibility index (Phi) is 3.93. The van der Waals surface area contributed by atoms with Gasteiger partial charge in [-0.05, 0) is 25.0 Å². The fraction of sp³-hybridized carbons (Fsp3) is 0.235. The Balaban J connectivity index is 1.97. The molecule has 2 aromatic carbocycles. The lowest BCUT2D eigenvalue weighted by Gasteiger charge is -2.19. The molecule has 21 heavy (non-hydrogen) atoms. The number of ketones is 1. The van der Waals surface area contributed by atoms with Crippen molar-refractivity contribution < 1.29 is 9.18 Å². The Bertz CT molecular complexity index is 666. The van der Waals surface area contributed by atoms with Crippen LogP contribution in [0.5, 0.6) is 0 Å². The van der Waals surface area contributed by atoms with Crippen molar-refractivity contribution in [1.29, 1.82) is 0 Å². The van der Waals surface area contributed by atoms with Gasteiger partial charge in [0.2, 0.25) is 0 Å². The smallest absolute Gasteiger partial charge is 0.194 e. The van der Waals surface area contributed by atoms with E-state index in [2.05, 4.69) is 0 Å². The van der Waals surface area contributed by atoms with Crippen LogP contribution in [0, 0.1) is 5.82 Å². The maximum Gasteiger partial charge on any atom is 0.194 e. The van der Waals surface area contributed by atoms with E-state index in [1.807, 2.05) is 11.0 Å². The third-order valence-electron chi connectivity index (χ3n) is 3.76. The molecule has 0 radical (unpaired) electrons. The molecule has 0 N–H and O–H groups in total. The van der Waals surface area contributed by atoms with E-state index in [1.165, 1.54) is 6.07 Å². The maximum atomic E-state index is 14.3. The molecule has 2 aromatic rings. The van der Waals surface area contributed by atoms with Crippen LogP contribution in [-0.2, 0) is 0 Å². The largest absolute Gasteiger partial charge is 0.369 e. The number of halogens is 2. The second kappa shape index (κ2) is 5.86. The van der Waals surface area contributed by atoms with Crippen molar-refractivity contribution in [2.45, 2.75) is 12.8 Å². The van der Waals surface area contributed by atoms with Crippen molar-refractivity contribution in [3.8, 4) is 0 Å². The highest BCUT2D eigenvalue weighted by atomic mass is 35.5. The van der Waals surface area contributed by atoms with Crippen LogP contribution in [0.3, 0.4) is 0 Å². The van der Waals surface area contributed by atoms with E-state index in [9.17, 15) is 9.18 Å². The van der Waals surface area contributed by atoms with E-state index in [0.717, 1.165) is 25.9 Å². The minimum atomic E-state index is -0.388. The lowest BCUT2D eigenvalue weighted by atomic mass is 10.0. The quantitative estimate of drug-likeness (QED) is 0.788. The Labute approximate surface area is 128 Å². The zero-order valence-electron chi connectivity index (χ0n) is 11.5. The van der Waals surface area contributed by atoms with E-state index in [-0.39, 0.29) is 17.2 Å². The first kappa shape index (κ1) is 14.1. The van der Waals surface area contributed by atoms with Crippen molar-refractivity contribution in [3.63, 3.8) is 0 Å². The van der Waals surface area contributed by atoms with Crippen LogP contribution in [0.1, 0.15) is 28.8 Å². The summed E-state index contributed by atoms with van der Waals surface area (Å²) in [6.07, 6.45) is 2.11. The average molecular weight is 304 g/mol.